The van der Waals surface area contributed by atoms with Gasteiger partial charge in [-0.2, -0.15) is 0 Å². The summed E-state index contributed by atoms with van der Waals surface area (Å²) in [6.45, 7) is 2.61. The van der Waals surface area contributed by atoms with E-state index in [1.54, 1.807) is 0 Å². The lowest BCUT2D eigenvalue weighted by Gasteiger charge is -2.22. The quantitative estimate of drug-likeness (QED) is 0.766. The van der Waals surface area contributed by atoms with Gasteiger partial charge in [0, 0.05) is 12.1 Å². The molecular formula is C14H17NO4. The van der Waals surface area contributed by atoms with Gasteiger partial charge in [0.15, 0.2) is 0 Å². The van der Waals surface area contributed by atoms with E-state index in [4.69, 9.17) is 4.74 Å². The Bertz CT molecular complexity index is 486. The average molecular weight is 263 g/mol. The third kappa shape index (κ3) is 2.70. The van der Waals surface area contributed by atoms with E-state index in [-0.39, 0.29) is 18.4 Å². The fraction of sp³-hybridized carbons (Fsp3) is 0.429. The molecule has 0 aliphatic carbocycles. The molecule has 1 unspecified atom stereocenters. The number of esters is 1. The van der Waals surface area contributed by atoms with Crippen molar-refractivity contribution in [2.45, 2.75) is 12.8 Å². The summed E-state index contributed by atoms with van der Waals surface area (Å²) in [4.78, 5) is 25.2. The van der Waals surface area contributed by atoms with E-state index in [0.29, 0.717) is 13.2 Å². The van der Waals surface area contributed by atoms with Crippen molar-refractivity contribution < 1.29 is 19.1 Å². The number of methoxy groups -OCH3 is 1. The number of likely N-dealkylation sites (N-methyl/N-ethyl adjacent to an activating group) is 1. The first kappa shape index (κ1) is 13.4. The second-order valence-electron chi connectivity index (χ2n) is 4.33. The Hall–Kier alpha value is -2.04. The molecule has 0 N–H and O–H groups in total. The number of carbonyl (C=O) groups excluding carboxylic acids is 2. The van der Waals surface area contributed by atoms with Crippen LogP contribution in [0.3, 0.4) is 0 Å². The van der Waals surface area contributed by atoms with Gasteiger partial charge in [0.05, 0.1) is 7.11 Å². The average Bonchev–Trinajstić information content (AvgIpc) is 2.87. The van der Waals surface area contributed by atoms with Crippen molar-refractivity contribution in [1.82, 2.24) is 4.90 Å². The summed E-state index contributed by atoms with van der Waals surface area (Å²) in [6.07, 6.45) is 0. The molecule has 0 spiro atoms. The molecule has 1 aromatic carbocycles. The van der Waals surface area contributed by atoms with Gasteiger partial charge in [-0.15, -0.1) is 0 Å². The van der Waals surface area contributed by atoms with Crippen LogP contribution < -0.4 is 4.74 Å². The fourth-order valence-electron chi connectivity index (χ4n) is 2.15. The molecule has 0 fully saturated rings. The maximum absolute atomic E-state index is 12.4. The van der Waals surface area contributed by atoms with Crippen LogP contribution in [0, 0.1) is 0 Å². The van der Waals surface area contributed by atoms with Gasteiger partial charge in [-0.25, -0.2) is 0 Å². The summed E-state index contributed by atoms with van der Waals surface area (Å²) < 4.78 is 10.1. The van der Waals surface area contributed by atoms with E-state index in [1.807, 2.05) is 31.2 Å². The van der Waals surface area contributed by atoms with Crippen molar-refractivity contribution in [2.24, 2.45) is 0 Å². The number of benzene rings is 1. The monoisotopic (exact) mass is 263 g/mol. The summed E-state index contributed by atoms with van der Waals surface area (Å²) in [6, 6.07) is 7.48. The van der Waals surface area contributed by atoms with Crippen LogP contribution in [0.25, 0.3) is 0 Å². The van der Waals surface area contributed by atoms with Gasteiger partial charge < -0.3 is 14.4 Å². The molecule has 1 amide bonds. The number of carbonyl (C=O) groups is 2. The van der Waals surface area contributed by atoms with Crippen molar-refractivity contribution in [1.29, 1.82) is 0 Å². The Kier molecular flexibility index (Phi) is 4.04. The normalized spacial score (nSPS) is 16.4. The molecule has 1 aliphatic heterocycles. The van der Waals surface area contributed by atoms with Crippen LogP contribution >= 0.6 is 0 Å². The highest BCUT2D eigenvalue weighted by Gasteiger charge is 2.33. The minimum atomic E-state index is -0.414. The number of fused-ring (bicyclic) bond motifs is 1. The topological polar surface area (TPSA) is 55.8 Å². The number of nitrogens with zero attached hydrogens (tertiary/aromatic N) is 1. The van der Waals surface area contributed by atoms with Crippen molar-refractivity contribution in [3.8, 4) is 5.75 Å². The first-order valence-corrected chi connectivity index (χ1v) is 6.24. The van der Waals surface area contributed by atoms with Crippen molar-refractivity contribution in [3.63, 3.8) is 0 Å². The minimum absolute atomic E-state index is 0.0233. The Morgan fingerprint density at radius 1 is 1.42 bits per heavy atom. The summed E-state index contributed by atoms with van der Waals surface area (Å²) in [7, 11) is 1.31. The summed E-state index contributed by atoms with van der Waals surface area (Å²) >= 11 is 0. The van der Waals surface area contributed by atoms with Gasteiger partial charge in [0.1, 0.15) is 24.8 Å². The van der Waals surface area contributed by atoms with E-state index in [1.165, 1.54) is 12.0 Å². The van der Waals surface area contributed by atoms with Crippen LogP contribution in [-0.4, -0.2) is 43.6 Å². The molecule has 1 atom stereocenters. The maximum Gasteiger partial charge on any atom is 0.325 e. The van der Waals surface area contributed by atoms with Crippen LogP contribution in [0.1, 0.15) is 18.4 Å². The van der Waals surface area contributed by atoms with Crippen molar-refractivity contribution in [2.75, 3.05) is 26.8 Å². The van der Waals surface area contributed by atoms with E-state index in [2.05, 4.69) is 4.74 Å². The first-order chi connectivity index (χ1) is 9.17. The summed E-state index contributed by atoms with van der Waals surface area (Å²) in [5, 5.41) is 0. The standard InChI is InChI=1S/C14H17NO4/c1-3-15(8-13(16)18-2)14(17)11-9-19-12-7-5-4-6-10(11)12/h4-7,11H,3,8-9H2,1-2H3. The van der Waals surface area contributed by atoms with E-state index in [0.717, 1.165) is 11.3 Å². The molecule has 1 aromatic rings. The van der Waals surface area contributed by atoms with Gasteiger partial charge in [0.2, 0.25) is 5.91 Å². The predicted octanol–water partition coefficient (Wildman–Crippen LogP) is 1.18. The predicted molar refractivity (Wildman–Crippen MR) is 68.9 cm³/mol. The van der Waals surface area contributed by atoms with Crippen molar-refractivity contribution >= 4 is 11.9 Å². The van der Waals surface area contributed by atoms with E-state index < -0.39 is 5.97 Å². The summed E-state index contributed by atoms with van der Waals surface area (Å²) in [5.74, 6) is -0.101. The molecule has 0 saturated heterocycles. The second kappa shape index (κ2) is 5.73. The molecule has 1 aliphatic rings. The highest BCUT2D eigenvalue weighted by molar-refractivity contribution is 5.88. The lowest BCUT2D eigenvalue weighted by atomic mass is 10.00. The molecule has 19 heavy (non-hydrogen) atoms. The van der Waals surface area contributed by atoms with Crippen LogP contribution in [0.5, 0.6) is 5.75 Å². The van der Waals surface area contributed by atoms with Crippen LogP contribution in [0.4, 0.5) is 0 Å². The van der Waals surface area contributed by atoms with Crippen LogP contribution in [0.15, 0.2) is 24.3 Å². The molecule has 2 rings (SSSR count). The fourth-order valence-corrected chi connectivity index (χ4v) is 2.15. The molecule has 5 nitrogen and oxygen atoms in total. The van der Waals surface area contributed by atoms with Gasteiger partial charge in [0.25, 0.3) is 0 Å². The number of para-hydroxylation sites is 1. The SMILES string of the molecule is CCN(CC(=O)OC)C(=O)C1COc2ccccc21. The Morgan fingerprint density at radius 3 is 2.84 bits per heavy atom. The zero-order chi connectivity index (χ0) is 13.8. The largest absolute Gasteiger partial charge is 0.492 e. The zero-order valence-electron chi connectivity index (χ0n) is 11.1. The van der Waals surface area contributed by atoms with Gasteiger partial charge in [-0.05, 0) is 13.0 Å². The van der Waals surface area contributed by atoms with Crippen LogP contribution in [-0.2, 0) is 14.3 Å². The highest BCUT2D eigenvalue weighted by atomic mass is 16.5. The minimum Gasteiger partial charge on any atom is -0.492 e. The van der Waals surface area contributed by atoms with E-state index in [9.17, 15) is 9.59 Å². The second-order valence-corrected chi connectivity index (χ2v) is 4.33. The smallest absolute Gasteiger partial charge is 0.325 e. The van der Waals surface area contributed by atoms with Gasteiger partial charge >= 0.3 is 5.97 Å². The molecular weight excluding hydrogens is 246 g/mol. The lowest BCUT2D eigenvalue weighted by molar-refractivity contribution is -0.147. The molecule has 0 radical (unpaired) electrons. The molecule has 0 saturated carbocycles. The lowest BCUT2D eigenvalue weighted by Crippen LogP contribution is -2.39. The molecule has 0 aromatic heterocycles. The Morgan fingerprint density at radius 2 is 2.16 bits per heavy atom. The zero-order valence-corrected chi connectivity index (χ0v) is 11.1. The first-order valence-electron chi connectivity index (χ1n) is 6.24. The molecule has 1 heterocycles. The van der Waals surface area contributed by atoms with Crippen molar-refractivity contribution in [3.05, 3.63) is 29.8 Å². The number of amides is 1. The van der Waals surface area contributed by atoms with Gasteiger partial charge in [-0.1, -0.05) is 18.2 Å². The third-order valence-electron chi connectivity index (χ3n) is 3.24. The Balaban J connectivity index is 2.13. The number of hydrogen-bond donors (Lipinski definition) is 0. The third-order valence-corrected chi connectivity index (χ3v) is 3.24. The molecule has 0 bridgehead atoms. The van der Waals surface area contributed by atoms with Crippen LogP contribution in [0.2, 0.25) is 0 Å². The number of rotatable bonds is 4. The molecule has 5 heteroatoms. The summed E-state index contributed by atoms with van der Waals surface area (Å²) in [5.41, 5.74) is 0.885. The maximum atomic E-state index is 12.4. The highest BCUT2D eigenvalue weighted by Crippen LogP contribution is 2.34. The molecule has 102 valence electrons. The van der Waals surface area contributed by atoms with E-state index >= 15 is 0 Å². The number of hydrogen-bond acceptors (Lipinski definition) is 4. The Labute approximate surface area is 112 Å². The number of ether oxygens (including phenoxy) is 2. The van der Waals surface area contributed by atoms with Gasteiger partial charge in [-0.3, -0.25) is 9.59 Å².